The third-order valence-corrected chi connectivity index (χ3v) is 7.76. The molecule has 9 nitrogen and oxygen atoms in total. The zero-order valence-electron chi connectivity index (χ0n) is 24.3. The first-order valence-electron chi connectivity index (χ1n) is 14.5. The number of carbonyl (C=O) groups is 1. The zero-order chi connectivity index (χ0) is 28.8. The molecule has 9 heteroatoms. The number of carbonyl (C=O) groups excluding carboxylic acids is 1. The maximum absolute atomic E-state index is 13.0. The summed E-state index contributed by atoms with van der Waals surface area (Å²) in [6.45, 7) is 7.91. The number of piperazine rings is 1. The number of amides is 1. The first-order chi connectivity index (χ1) is 19.9. The lowest BCUT2D eigenvalue weighted by atomic mass is 9.88. The number of rotatable bonds is 9. The van der Waals surface area contributed by atoms with Crippen LogP contribution in [0.1, 0.15) is 55.7 Å². The van der Waals surface area contributed by atoms with Gasteiger partial charge in [-0.2, -0.15) is 0 Å². The van der Waals surface area contributed by atoms with Crippen LogP contribution in [0.4, 0.5) is 5.69 Å². The first-order valence-corrected chi connectivity index (χ1v) is 14.5. The maximum Gasteiger partial charge on any atom is 0.270 e. The number of H-pyrrole nitrogens is 1. The van der Waals surface area contributed by atoms with Gasteiger partial charge in [-0.05, 0) is 56.3 Å². The summed E-state index contributed by atoms with van der Waals surface area (Å²) in [5.41, 5.74) is 3.47. The molecule has 1 amide bonds. The van der Waals surface area contributed by atoms with Gasteiger partial charge >= 0.3 is 0 Å². The van der Waals surface area contributed by atoms with Crippen LogP contribution in [0.2, 0.25) is 0 Å². The number of ether oxygens (including phenoxy) is 1. The van der Waals surface area contributed by atoms with Crippen molar-refractivity contribution in [2.24, 2.45) is 15.4 Å². The van der Waals surface area contributed by atoms with E-state index in [4.69, 9.17) is 14.7 Å². The minimum absolute atomic E-state index is 0.0382. The highest BCUT2D eigenvalue weighted by Gasteiger charge is 2.24. The third-order valence-electron chi connectivity index (χ3n) is 7.76. The van der Waals surface area contributed by atoms with E-state index in [0.717, 1.165) is 73.6 Å². The quantitative estimate of drug-likeness (QED) is 0.386. The van der Waals surface area contributed by atoms with Gasteiger partial charge in [-0.1, -0.05) is 26.3 Å². The topological polar surface area (TPSA) is 106 Å². The van der Waals surface area contributed by atoms with Crippen molar-refractivity contribution in [3.8, 4) is 5.75 Å². The smallest absolute Gasteiger partial charge is 0.270 e. The van der Waals surface area contributed by atoms with E-state index in [1.165, 1.54) is 0 Å². The van der Waals surface area contributed by atoms with Gasteiger partial charge in [0.15, 0.2) is 0 Å². The second kappa shape index (κ2) is 12.8. The summed E-state index contributed by atoms with van der Waals surface area (Å²) in [4.78, 5) is 34.7. The summed E-state index contributed by atoms with van der Waals surface area (Å²) in [6, 6.07) is 11.6. The Kier molecular flexibility index (Phi) is 8.95. The highest BCUT2D eigenvalue weighted by molar-refractivity contribution is 6.13. The van der Waals surface area contributed by atoms with Crippen molar-refractivity contribution in [2.75, 3.05) is 46.4 Å². The van der Waals surface area contributed by atoms with Crippen LogP contribution in [-0.2, 0) is 0 Å². The number of benzene rings is 1. The van der Waals surface area contributed by atoms with Gasteiger partial charge in [0.05, 0.1) is 30.3 Å². The summed E-state index contributed by atoms with van der Waals surface area (Å²) in [5, 5.41) is 10.8. The van der Waals surface area contributed by atoms with Crippen LogP contribution in [0.15, 0.2) is 64.7 Å². The van der Waals surface area contributed by atoms with E-state index >= 15 is 0 Å². The molecule has 0 saturated carbocycles. The lowest BCUT2D eigenvalue weighted by Gasteiger charge is -2.32. The highest BCUT2D eigenvalue weighted by atomic mass is 16.5. The second-order valence-corrected chi connectivity index (χ2v) is 11.4. The monoisotopic (exact) mass is 556 g/mol. The van der Waals surface area contributed by atoms with E-state index in [9.17, 15) is 9.90 Å². The molecule has 1 fully saturated rings. The largest absolute Gasteiger partial charge is 0.493 e. The van der Waals surface area contributed by atoms with Crippen molar-refractivity contribution < 1.29 is 14.6 Å². The number of aromatic nitrogens is 2. The van der Waals surface area contributed by atoms with Gasteiger partial charge in [0.25, 0.3) is 5.91 Å². The maximum atomic E-state index is 13.0. The van der Waals surface area contributed by atoms with E-state index in [1.54, 1.807) is 6.20 Å². The van der Waals surface area contributed by atoms with E-state index < -0.39 is 0 Å². The number of fused-ring (bicyclic) bond motifs is 1. The second-order valence-electron chi connectivity index (χ2n) is 11.4. The molecule has 0 spiro atoms. The number of aliphatic hydroxyl groups is 1. The number of aromatic amines is 1. The Morgan fingerprint density at radius 3 is 2.78 bits per heavy atom. The minimum Gasteiger partial charge on any atom is -0.493 e. The van der Waals surface area contributed by atoms with Gasteiger partial charge in [-0.15, -0.1) is 0 Å². The minimum atomic E-state index is -0.281. The first kappa shape index (κ1) is 28.7. The number of hydrogen-bond acceptors (Lipinski definition) is 6. The van der Waals surface area contributed by atoms with Crippen LogP contribution in [0.5, 0.6) is 5.75 Å². The lowest BCUT2D eigenvalue weighted by molar-refractivity contribution is 0.0659. The Balaban J connectivity index is 1.33. The molecule has 0 bridgehead atoms. The molecule has 4 heterocycles. The molecule has 3 aromatic rings. The SMILES string of the molecule is CCCC(C)(CO)COc1ccnc(C2=NC(=Nc3ccc4[nH]c(C(=O)N5CCN(C)CC5)cc4c3)CCC=C2)c1. The molecule has 1 saturated heterocycles. The lowest BCUT2D eigenvalue weighted by Crippen LogP contribution is -2.47. The van der Waals surface area contributed by atoms with Gasteiger partial charge < -0.3 is 24.6 Å². The predicted molar refractivity (Wildman–Crippen MR) is 164 cm³/mol. The molecule has 0 radical (unpaired) electrons. The predicted octanol–water partition coefficient (Wildman–Crippen LogP) is 5.00. The number of pyridine rings is 1. The highest BCUT2D eigenvalue weighted by Crippen LogP contribution is 2.26. The van der Waals surface area contributed by atoms with Crippen LogP contribution >= 0.6 is 0 Å². The van der Waals surface area contributed by atoms with Crippen LogP contribution in [0.3, 0.4) is 0 Å². The van der Waals surface area contributed by atoms with E-state index in [-0.39, 0.29) is 17.9 Å². The number of aliphatic imine (C=N–C) groups is 2. The number of nitrogens with one attached hydrogen (secondary N) is 1. The van der Waals surface area contributed by atoms with Crippen molar-refractivity contribution in [1.82, 2.24) is 19.8 Å². The van der Waals surface area contributed by atoms with Crippen molar-refractivity contribution in [3.63, 3.8) is 0 Å². The van der Waals surface area contributed by atoms with Crippen molar-refractivity contribution >= 4 is 34.0 Å². The van der Waals surface area contributed by atoms with Gasteiger partial charge in [-0.25, -0.2) is 9.98 Å². The Labute approximate surface area is 241 Å². The van der Waals surface area contributed by atoms with Crippen LogP contribution in [-0.4, -0.2) is 88.8 Å². The molecule has 2 aromatic heterocycles. The summed E-state index contributed by atoms with van der Waals surface area (Å²) in [6.07, 6.45) is 9.20. The Morgan fingerprint density at radius 2 is 2.00 bits per heavy atom. The molecular weight excluding hydrogens is 516 g/mol. The number of nitrogens with zero attached hydrogens (tertiary/aromatic N) is 5. The standard InChI is InChI=1S/C32H40N6O3/c1-4-12-32(2,21-39)22-41-25-11-13-33-28(20-25)27-7-5-6-8-30(36-27)34-24-9-10-26-23(18-24)19-29(35-26)31(40)38-16-14-37(3)15-17-38/h5,7,9-11,13,18-20,35,39H,4,6,8,12,14-17,21-22H2,1-3H3. The molecule has 216 valence electrons. The van der Waals surface area contributed by atoms with Crippen LogP contribution < -0.4 is 4.74 Å². The normalized spacial score (nSPS) is 18.8. The van der Waals surface area contributed by atoms with Gasteiger partial charge in [-0.3, -0.25) is 9.78 Å². The molecular formula is C32H40N6O3. The fourth-order valence-corrected chi connectivity index (χ4v) is 5.20. The number of aliphatic hydroxyl groups excluding tert-OH is 1. The summed E-state index contributed by atoms with van der Waals surface area (Å²) >= 11 is 0. The Bertz CT molecular complexity index is 1470. The number of likely N-dealkylation sites (N-methyl/N-ethyl adjacent to an activating group) is 1. The van der Waals surface area contributed by atoms with Gasteiger partial charge in [0.1, 0.15) is 17.3 Å². The summed E-state index contributed by atoms with van der Waals surface area (Å²) in [7, 11) is 2.08. The molecule has 1 unspecified atom stereocenters. The molecule has 1 aromatic carbocycles. The van der Waals surface area contributed by atoms with E-state index in [2.05, 4.69) is 34.9 Å². The zero-order valence-corrected chi connectivity index (χ0v) is 24.3. The summed E-state index contributed by atoms with van der Waals surface area (Å²) in [5.74, 6) is 1.46. The third kappa shape index (κ3) is 7.10. The number of amidine groups is 1. The fraction of sp³-hybridized carbons (Fsp3) is 0.438. The Hall–Kier alpha value is -3.82. The molecule has 0 aliphatic carbocycles. The molecule has 2 N–H and O–H groups in total. The van der Waals surface area contributed by atoms with Gasteiger partial charge in [0.2, 0.25) is 0 Å². The van der Waals surface area contributed by atoms with Crippen LogP contribution in [0, 0.1) is 5.41 Å². The molecule has 41 heavy (non-hydrogen) atoms. The van der Waals surface area contributed by atoms with Crippen molar-refractivity contribution in [3.05, 3.63) is 66.1 Å². The molecule has 2 aliphatic heterocycles. The van der Waals surface area contributed by atoms with Crippen molar-refractivity contribution in [2.45, 2.75) is 39.5 Å². The fourth-order valence-electron chi connectivity index (χ4n) is 5.20. The van der Waals surface area contributed by atoms with Crippen LogP contribution in [0.25, 0.3) is 10.9 Å². The molecule has 1 atom stereocenters. The average molecular weight is 557 g/mol. The average Bonchev–Trinajstić information content (AvgIpc) is 3.27. The molecule has 5 rings (SSSR count). The summed E-state index contributed by atoms with van der Waals surface area (Å²) < 4.78 is 6.06. The molecule has 2 aliphatic rings. The van der Waals surface area contributed by atoms with Crippen molar-refractivity contribution in [1.29, 1.82) is 0 Å². The number of hydrogen-bond donors (Lipinski definition) is 2. The Morgan fingerprint density at radius 1 is 1.17 bits per heavy atom. The number of allylic oxidation sites excluding steroid dienone is 2. The van der Waals surface area contributed by atoms with Gasteiger partial charge in [0, 0.05) is 61.2 Å². The van der Waals surface area contributed by atoms with E-state index in [1.807, 2.05) is 54.3 Å². The van der Waals surface area contributed by atoms with E-state index in [0.29, 0.717) is 30.2 Å².